The summed E-state index contributed by atoms with van der Waals surface area (Å²) >= 11 is 1.23. The van der Waals surface area contributed by atoms with Crippen LogP contribution >= 0.6 is 11.8 Å². The van der Waals surface area contributed by atoms with E-state index in [1.165, 1.54) is 11.8 Å². The number of nitrogens with one attached hydrogen (secondary N) is 2. The van der Waals surface area contributed by atoms with Gasteiger partial charge in [0.25, 0.3) is 0 Å². The number of nitrogens with zero attached hydrogens (tertiary/aromatic N) is 1. The topological polar surface area (TPSA) is 82.0 Å². The predicted octanol–water partition coefficient (Wildman–Crippen LogP) is 2.87. The molecule has 2 N–H and O–H groups in total. The lowest BCUT2D eigenvalue weighted by Crippen LogP contribution is -2.18. The Hall–Kier alpha value is -2.78. The Morgan fingerprint density at radius 1 is 0.913 bits per heavy atom. The summed E-state index contributed by atoms with van der Waals surface area (Å²) in [7, 11) is 0. The summed E-state index contributed by atoms with van der Waals surface area (Å²) < 4.78 is 0. The van der Waals surface area contributed by atoms with E-state index in [4.69, 9.17) is 5.26 Å². The molecule has 0 aliphatic heterocycles. The number of para-hydroxylation sites is 1. The van der Waals surface area contributed by atoms with Gasteiger partial charge < -0.3 is 10.6 Å². The third-order valence-corrected chi connectivity index (χ3v) is 3.73. The van der Waals surface area contributed by atoms with Gasteiger partial charge in [-0.05, 0) is 30.3 Å². The van der Waals surface area contributed by atoms with Crippen molar-refractivity contribution in [2.45, 2.75) is 0 Å². The van der Waals surface area contributed by atoms with E-state index in [1.54, 1.807) is 36.4 Å². The van der Waals surface area contributed by atoms with Gasteiger partial charge in [0.2, 0.25) is 11.8 Å². The fourth-order valence-corrected chi connectivity index (χ4v) is 2.44. The van der Waals surface area contributed by atoms with Crippen molar-refractivity contribution in [1.82, 2.24) is 0 Å². The monoisotopic (exact) mass is 325 g/mol. The molecule has 2 aromatic carbocycles. The number of benzene rings is 2. The molecule has 0 atom stereocenters. The summed E-state index contributed by atoms with van der Waals surface area (Å²) in [6.07, 6.45) is 0. The maximum absolute atomic E-state index is 11.8. The molecule has 0 unspecified atom stereocenters. The summed E-state index contributed by atoms with van der Waals surface area (Å²) in [6.45, 7) is 0. The molecule has 0 aliphatic carbocycles. The van der Waals surface area contributed by atoms with Crippen LogP contribution < -0.4 is 10.6 Å². The first-order chi connectivity index (χ1) is 11.2. The minimum Gasteiger partial charge on any atom is -0.325 e. The van der Waals surface area contributed by atoms with Crippen LogP contribution in [0.4, 0.5) is 11.4 Å². The molecule has 0 saturated heterocycles. The van der Waals surface area contributed by atoms with Crippen LogP contribution in [0.3, 0.4) is 0 Å². The van der Waals surface area contributed by atoms with Crippen molar-refractivity contribution in [3.8, 4) is 6.07 Å². The maximum atomic E-state index is 11.8. The van der Waals surface area contributed by atoms with Crippen molar-refractivity contribution in [2.75, 3.05) is 22.1 Å². The number of nitriles is 1. The molecule has 0 bridgehead atoms. The third-order valence-electron chi connectivity index (χ3n) is 2.80. The molecular weight excluding hydrogens is 310 g/mol. The fourth-order valence-electron chi connectivity index (χ4n) is 1.82. The molecule has 0 heterocycles. The smallest absolute Gasteiger partial charge is 0.234 e. The van der Waals surface area contributed by atoms with Crippen LogP contribution in [-0.4, -0.2) is 23.3 Å². The summed E-state index contributed by atoms with van der Waals surface area (Å²) in [5, 5.41) is 14.3. The first kappa shape index (κ1) is 16.6. The molecule has 6 heteroatoms. The number of rotatable bonds is 6. The van der Waals surface area contributed by atoms with Crippen LogP contribution in [-0.2, 0) is 9.59 Å². The molecule has 2 amide bonds. The Morgan fingerprint density at radius 2 is 1.52 bits per heavy atom. The van der Waals surface area contributed by atoms with Crippen LogP contribution in [0.5, 0.6) is 0 Å². The molecule has 0 fully saturated rings. The van der Waals surface area contributed by atoms with E-state index in [0.29, 0.717) is 11.3 Å². The third kappa shape index (κ3) is 5.85. The minimum atomic E-state index is -0.211. The second-order valence-corrected chi connectivity index (χ2v) is 5.63. The van der Waals surface area contributed by atoms with Crippen LogP contribution in [0.15, 0.2) is 54.6 Å². The number of thioether (sulfide) groups is 1. The molecule has 0 aromatic heterocycles. The van der Waals surface area contributed by atoms with E-state index in [9.17, 15) is 9.59 Å². The number of hydrogen-bond acceptors (Lipinski definition) is 4. The quantitative estimate of drug-likeness (QED) is 0.855. The number of amides is 2. The van der Waals surface area contributed by atoms with Gasteiger partial charge in [-0.2, -0.15) is 5.26 Å². The highest BCUT2D eigenvalue weighted by Crippen LogP contribution is 2.11. The van der Waals surface area contributed by atoms with Crippen LogP contribution in [0.1, 0.15) is 5.56 Å². The van der Waals surface area contributed by atoms with Crippen LogP contribution in [0, 0.1) is 11.3 Å². The Balaban J connectivity index is 1.72. The zero-order valence-electron chi connectivity index (χ0n) is 12.3. The van der Waals surface area contributed by atoms with Gasteiger partial charge in [-0.15, -0.1) is 11.8 Å². The van der Waals surface area contributed by atoms with Gasteiger partial charge in [-0.25, -0.2) is 0 Å². The van der Waals surface area contributed by atoms with Gasteiger partial charge in [0, 0.05) is 11.4 Å². The normalized spacial score (nSPS) is 9.70. The average molecular weight is 325 g/mol. The fraction of sp³-hybridized carbons (Fsp3) is 0.118. The molecule has 23 heavy (non-hydrogen) atoms. The predicted molar refractivity (Wildman–Crippen MR) is 92.2 cm³/mol. The molecule has 0 spiro atoms. The second kappa shape index (κ2) is 8.61. The first-order valence-corrected chi connectivity index (χ1v) is 8.05. The van der Waals surface area contributed by atoms with E-state index in [0.717, 1.165) is 5.69 Å². The lowest BCUT2D eigenvalue weighted by molar-refractivity contribution is -0.114. The van der Waals surface area contributed by atoms with Crippen molar-refractivity contribution < 1.29 is 9.59 Å². The van der Waals surface area contributed by atoms with Gasteiger partial charge in [-0.3, -0.25) is 9.59 Å². The highest BCUT2D eigenvalue weighted by Gasteiger charge is 2.07. The number of anilines is 2. The van der Waals surface area contributed by atoms with Crippen molar-refractivity contribution in [1.29, 1.82) is 5.26 Å². The van der Waals surface area contributed by atoms with Gasteiger partial charge in [0.15, 0.2) is 0 Å². The molecule has 2 aromatic rings. The van der Waals surface area contributed by atoms with Gasteiger partial charge in [0.05, 0.1) is 23.1 Å². The Morgan fingerprint density at radius 3 is 2.17 bits per heavy atom. The van der Waals surface area contributed by atoms with Crippen LogP contribution in [0.25, 0.3) is 0 Å². The van der Waals surface area contributed by atoms with Gasteiger partial charge >= 0.3 is 0 Å². The van der Waals surface area contributed by atoms with E-state index in [2.05, 4.69) is 10.6 Å². The Labute approximate surface area is 138 Å². The number of carbonyl (C=O) groups is 2. The number of carbonyl (C=O) groups excluding carboxylic acids is 2. The summed E-state index contributed by atoms with van der Waals surface area (Å²) in [4.78, 5) is 23.5. The SMILES string of the molecule is N#Cc1cccc(NC(=O)CSCC(=O)Nc2ccccc2)c1. The van der Waals surface area contributed by atoms with Crippen molar-refractivity contribution in [2.24, 2.45) is 0 Å². The molecule has 0 saturated carbocycles. The molecule has 116 valence electrons. The lowest BCUT2D eigenvalue weighted by atomic mass is 10.2. The Bertz CT molecular complexity index is 726. The van der Waals surface area contributed by atoms with Crippen LogP contribution in [0.2, 0.25) is 0 Å². The zero-order valence-corrected chi connectivity index (χ0v) is 13.1. The first-order valence-electron chi connectivity index (χ1n) is 6.90. The number of hydrogen-bond donors (Lipinski definition) is 2. The van der Waals surface area contributed by atoms with E-state index < -0.39 is 0 Å². The van der Waals surface area contributed by atoms with Gasteiger partial charge in [0.1, 0.15) is 0 Å². The van der Waals surface area contributed by atoms with Gasteiger partial charge in [-0.1, -0.05) is 24.3 Å². The van der Waals surface area contributed by atoms with E-state index in [1.807, 2.05) is 24.3 Å². The molecular formula is C17H15N3O2S. The summed E-state index contributed by atoms with van der Waals surface area (Å²) in [5.74, 6) is -0.00223. The highest BCUT2D eigenvalue weighted by atomic mass is 32.2. The summed E-state index contributed by atoms with van der Waals surface area (Å²) in [6, 6.07) is 17.9. The maximum Gasteiger partial charge on any atom is 0.234 e. The van der Waals surface area contributed by atoms with Crippen molar-refractivity contribution >= 4 is 35.0 Å². The Kier molecular flexibility index (Phi) is 6.21. The minimum absolute atomic E-state index is 0.152. The highest BCUT2D eigenvalue weighted by molar-refractivity contribution is 8.00. The van der Waals surface area contributed by atoms with E-state index >= 15 is 0 Å². The molecule has 0 aliphatic rings. The van der Waals surface area contributed by atoms with Crippen molar-refractivity contribution in [3.63, 3.8) is 0 Å². The standard InChI is InChI=1S/C17H15N3O2S/c18-10-13-5-4-8-15(9-13)20-17(22)12-23-11-16(21)19-14-6-2-1-3-7-14/h1-9H,11-12H2,(H,19,21)(H,20,22). The molecule has 5 nitrogen and oxygen atoms in total. The largest absolute Gasteiger partial charge is 0.325 e. The second-order valence-electron chi connectivity index (χ2n) is 4.65. The molecule has 2 rings (SSSR count). The van der Waals surface area contributed by atoms with E-state index in [-0.39, 0.29) is 23.3 Å². The zero-order chi connectivity index (χ0) is 16.5. The average Bonchev–Trinajstić information content (AvgIpc) is 2.56. The lowest BCUT2D eigenvalue weighted by Gasteiger charge is -2.06. The summed E-state index contributed by atoms with van der Waals surface area (Å²) in [5.41, 5.74) is 1.79. The molecule has 0 radical (unpaired) electrons. The van der Waals surface area contributed by atoms with Crippen molar-refractivity contribution in [3.05, 3.63) is 60.2 Å².